The van der Waals surface area contributed by atoms with Gasteiger partial charge in [0.05, 0.1) is 5.92 Å². The molecular weight excluding hydrogens is 345 g/mol. The first-order chi connectivity index (χ1) is 12.6. The molecular formula is C22H26FNO3. The van der Waals surface area contributed by atoms with Gasteiger partial charge >= 0.3 is 5.97 Å². The lowest BCUT2D eigenvalue weighted by Crippen LogP contribution is -2.27. The van der Waals surface area contributed by atoms with E-state index in [1.54, 1.807) is 25.1 Å². The predicted octanol–water partition coefficient (Wildman–Crippen LogP) is 4.96. The summed E-state index contributed by atoms with van der Waals surface area (Å²) in [6.45, 7) is 9.92. The Bertz CT molecular complexity index is 905. The van der Waals surface area contributed by atoms with Gasteiger partial charge in [-0.2, -0.15) is 0 Å². The van der Waals surface area contributed by atoms with Gasteiger partial charge in [0, 0.05) is 16.8 Å². The number of carboxylic acid groups (broad SMARTS) is 1. The van der Waals surface area contributed by atoms with E-state index in [-0.39, 0.29) is 18.0 Å². The van der Waals surface area contributed by atoms with E-state index in [9.17, 15) is 14.3 Å². The molecule has 2 N–H and O–H groups in total. The van der Waals surface area contributed by atoms with E-state index in [1.807, 2.05) is 13.8 Å². The van der Waals surface area contributed by atoms with E-state index in [0.29, 0.717) is 5.75 Å². The van der Waals surface area contributed by atoms with Gasteiger partial charge in [0.2, 0.25) is 0 Å². The summed E-state index contributed by atoms with van der Waals surface area (Å²) in [5.74, 6) is -1.000. The molecule has 1 unspecified atom stereocenters. The molecule has 0 saturated carbocycles. The molecule has 0 aliphatic carbocycles. The van der Waals surface area contributed by atoms with Gasteiger partial charge in [-0.25, -0.2) is 4.39 Å². The number of benzene rings is 2. The molecule has 0 fully saturated rings. The van der Waals surface area contributed by atoms with Gasteiger partial charge < -0.3 is 15.2 Å². The minimum atomic E-state index is -0.852. The van der Waals surface area contributed by atoms with Gasteiger partial charge in [0.25, 0.3) is 0 Å². The number of rotatable bonds is 5. The maximum atomic E-state index is 14.0. The van der Waals surface area contributed by atoms with Crippen molar-refractivity contribution in [1.82, 2.24) is 0 Å². The molecule has 1 aliphatic heterocycles. The summed E-state index contributed by atoms with van der Waals surface area (Å²) in [6.07, 6.45) is 0.771. The summed E-state index contributed by atoms with van der Waals surface area (Å²) in [5, 5.41) is 12.7. The zero-order chi connectivity index (χ0) is 19.9. The van der Waals surface area contributed by atoms with Gasteiger partial charge in [-0.1, -0.05) is 6.07 Å². The Hall–Kier alpha value is -2.56. The van der Waals surface area contributed by atoms with Crippen LogP contribution in [-0.4, -0.2) is 16.6 Å². The van der Waals surface area contributed by atoms with Crippen molar-refractivity contribution < 1.29 is 19.0 Å². The van der Waals surface area contributed by atoms with Crippen molar-refractivity contribution >= 4 is 11.7 Å². The summed E-state index contributed by atoms with van der Waals surface area (Å²) in [7, 11) is 0. The van der Waals surface area contributed by atoms with Crippen LogP contribution in [0, 0.1) is 19.7 Å². The third kappa shape index (κ3) is 3.77. The standard InChI is InChI=1S/C22H26FNO3/c1-12-13(2)19(7-6-18(12)14(3)21(25)26)27-11-16-9-17(23)8-15-10-22(4,5)24-20(15)16/h6-9,14,24H,10-11H2,1-5H3,(H,25,26). The average molecular weight is 371 g/mol. The Kier molecular flexibility index (Phi) is 4.89. The molecule has 2 aromatic rings. The quantitative estimate of drug-likeness (QED) is 0.780. The Labute approximate surface area is 159 Å². The van der Waals surface area contributed by atoms with Crippen molar-refractivity contribution in [3.8, 4) is 5.75 Å². The number of aliphatic carboxylic acids is 1. The van der Waals surface area contributed by atoms with Crippen molar-refractivity contribution in [2.75, 3.05) is 5.32 Å². The number of anilines is 1. The summed E-state index contributed by atoms with van der Waals surface area (Å²) in [6, 6.07) is 6.69. The second kappa shape index (κ2) is 6.87. The number of hydrogen-bond donors (Lipinski definition) is 2. The number of halogens is 1. The van der Waals surface area contributed by atoms with E-state index in [4.69, 9.17) is 4.74 Å². The monoisotopic (exact) mass is 371 g/mol. The van der Waals surface area contributed by atoms with Gasteiger partial charge in [-0.15, -0.1) is 0 Å². The first kappa shape index (κ1) is 19.2. The van der Waals surface area contributed by atoms with Crippen LogP contribution in [0.2, 0.25) is 0 Å². The first-order valence-electron chi connectivity index (χ1n) is 9.14. The first-order valence-corrected chi connectivity index (χ1v) is 9.14. The maximum Gasteiger partial charge on any atom is 0.310 e. The molecule has 0 saturated heterocycles. The lowest BCUT2D eigenvalue weighted by molar-refractivity contribution is -0.138. The largest absolute Gasteiger partial charge is 0.489 e. The predicted molar refractivity (Wildman–Crippen MR) is 104 cm³/mol. The molecule has 3 rings (SSSR count). The minimum absolute atomic E-state index is 0.105. The van der Waals surface area contributed by atoms with E-state index < -0.39 is 11.9 Å². The summed E-state index contributed by atoms with van der Waals surface area (Å²) in [5.41, 5.74) is 5.20. The fourth-order valence-electron chi connectivity index (χ4n) is 3.73. The third-order valence-corrected chi connectivity index (χ3v) is 5.36. The summed E-state index contributed by atoms with van der Waals surface area (Å²) in [4.78, 5) is 11.3. The molecule has 5 heteroatoms. The van der Waals surface area contributed by atoms with E-state index in [2.05, 4.69) is 19.2 Å². The highest BCUT2D eigenvalue weighted by Crippen LogP contribution is 2.37. The van der Waals surface area contributed by atoms with Crippen LogP contribution in [-0.2, 0) is 17.8 Å². The number of carboxylic acids is 1. The van der Waals surface area contributed by atoms with Crippen LogP contribution in [0.15, 0.2) is 24.3 Å². The molecule has 144 valence electrons. The Morgan fingerprint density at radius 2 is 2.00 bits per heavy atom. The number of ether oxygens (including phenoxy) is 1. The van der Waals surface area contributed by atoms with Crippen LogP contribution in [0.5, 0.6) is 5.75 Å². The van der Waals surface area contributed by atoms with Crippen molar-refractivity contribution in [2.24, 2.45) is 0 Å². The van der Waals surface area contributed by atoms with E-state index >= 15 is 0 Å². The normalized spacial score (nSPS) is 15.8. The lowest BCUT2D eigenvalue weighted by atomic mass is 9.93. The van der Waals surface area contributed by atoms with Crippen LogP contribution < -0.4 is 10.1 Å². The number of fused-ring (bicyclic) bond motifs is 1. The molecule has 2 aromatic carbocycles. The second-order valence-corrected chi connectivity index (χ2v) is 8.04. The molecule has 0 bridgehead atoms. The molecule has 0 amide bonds. The number of carbonyl (C=O) groups is 1. The Morgan fingerprint density at radius 3 is 2.67 bits per heavy atom. The topological polar surface area (TPSA) is 58.6 Å². The third-order valence-electron chi connectivity index (χ3n) is 5.36. The van der Waals surface area contributed by atoms with Crippen LogP contribution >= 0.6 is 0 Å². The highest BCUT2D eigenvalue weighted by Gasteiger charge is 2.30. The van der Waals surface area contributed by atoms with Crippen molar-refractivity contribution in [2.45, 2.75) is 59.1 Å². The fraction of sp³-hybridized carbons (Fsp3) is 0.409. The van der Waals surface area contributed by atoms with Crippen molar-refractivity contribution in [3.63, 3.8) is 0 Å². The van der Waals surface area contributed by atoms with E-state index in [1.165, 1.54) is 6.07 Å². The number of nitrogens with one attached hydrogen (secondary N) is 1. The molecule has 1 aliphatic rings. The second-order valence-electron chi connectivity index (χ2n) is 8.04. The van der Waals surface area contributed by atoms with Crippen molar-refractivity contribution in [1.29, 1.82) is 0 Å². The lowest BCUT2D eigenvalue weighted by Gasteiger charge is -2.20. The summed E-state index contributed by atoms with van der Waals surface area (Å²) < 4.78 is 20.0. The van der Waals surface area contributed by atoms with Crippen LogP contribution in [0.1, 0.15) is 54.5 Å². The molecule has 0 radical (unpaired) electrons. The van der Waals surface area contributed by atoms with Gasteiger partial charge in [-0.3, -0.25) is 4.79 Å². The average Bonchev–Trinajstić information content (AvgIpc) is 2.89. The van der Waals surface area contributed by atoms with Gasteiger partial charge in [-0.05, 0) is 81.5 Å². The number of hydrogen-bond acceptors (Lipinski definition) is 3. The fourth-order valence-corrected chi connectivity index (χ4v) is 3.73. The Balaban J connectivity index is 1.85. The minimum Gasteiger partial charge on any atom is -0.489 e. The van der Waals surface area contributed by atoms with Gasteiger partial charge in [0.1, 0.15) is 18.2 Å². The molecule has 4 nitrogen and oxygen atoms in total. The van der Waals surface area contributed by atoms with Crippen LogP contribution in [0.25, 0.3) is 0 Å². The smallest absolute Gasteiger partial charge is 0.310 e. The van der Waals surface area contributed by atoms with Crippen LogP contribution in [0.3, 0.4) is 0 Å². The highest BCUT2D eigenvalue weighted by molar-refractivity contribution is 5.76. The Morgan fingerprint density at radius 1 is 1.30 bits per heavy atom. The molecule has 1 heterocycles. The van der Waals surface area contributed by atoms with Gasteiger partial charge in [0.15, 0.2) is 0 Å². The zero-order valence-electron chi connectivity index (χ0n) is 16.4. The zero-order valence-corrected chi connectivity index (χ0v) is 16.4. The molecule has 1 atom stereocenters. The van der Waals surface area contributed by atoms with Crippen molar-refractivity contribution in [3.05, 3.63) is 57.9 Å². The molecule has 0 spiro atoms. The molecule has 0 aromatic heterocycles. The maximum absolute atomic E-state index is 14.0. The van der Waals surface area contributed by atoms with E-state index in [0.717, 1.165) is 39.9 Å². The SMILES string of the molecule is Cc1c(OCc2cc(F)cc3c2NC(C)(C)C3)ccc(C(C)C(=O)O)c1C. The molecule has 27 heavy (non-hydrogen) atoms. The highest BCUT2D eigenvalue weighted by atomic mass is 19.1. The summed E-state index contributed by atoms with van der Waals surface area (Å²) >= 11 is 0. The van der Waals surface area contributed by atoms with Crippen LogP contribution in [0.4, 0.5) is 10.1 Å².